The molecule has 0 aliphatic carbocycles. The van der Waals surface area contributed by atoms with Crippen LogP contribution in [0.1, 0.15) is 76.1 Å². The largest absolute Gasteiger partial charge is 0.415 e. The minimum atomic E-state index is -3.79. The molecule has 13 heteroatoms. The third-order valence-corrected chi connectivity index (χ3v) is 14.6. The van der Waals surface area contributed by atoms with Gasteiger partial charge in [0, 0.05) is 11.6 Å². The fourth-order valence-corrected chi connectivity index (χ4v) is 7.49. The van der Waals surface area contributed by atoms with Crippen LogP contribution in [0, 0.1) is 0 Å². The molecule has 2 saturated heterocycles. The van der Waals surface area contributed by atoms with Gasteiger partial charge in [-0.1, -0.05) is 63.9 Å². The van der Waals surface area contributed by atoms with Crippen molar-refractivity contribution in [1.29, 1.82) is 0 Å². The van der Waals surface area contributed by atoms with Gasteiger partial charge in [-0.3, -0.25) is 23.9 Å². The van der Waals surface area contributed by atoms with E-state index in [0.29, 0.717) is 24.8 Å². The second kappa shape index (κ2) is 14.2. The van der Waals surface area contributed by atoms with Crippen LogP contribution < -0.4 is 15.4 Å². The predicted octanol–water partition coefficient (Wildman–Crippen LogP) is 3.84. The molecule has 2 aromatic carbocycles. The van der Waals surface area contributed by atoms with Crippen LogP contribution in [0.25, 0.3) is 10.8 Å². The van der Waals surface area contributed by atoms with E-state index < -0.39 is 48.3 Å². The van der Waals surface area contributed by atoms with Crippen molar-refractivity contribution >= 4 is 52.7 Å². The maximum Gasteiger partial charge on any atom is 0.251 e. The first kappa shape index (κ1) is 35.6. The zero-order chi connectivity index (χ0) is 33.9. The van der Waals surface area contributed by atoms with Crippen LogP contribution in [-0.4, -0.2) is 82.3 Å². The zero-order valence-electron chi connectivity index (χ0n) is 27.7. The molecular formula is C33H48N4O7SSi. The van der Waals surface area contributed by atoms with Crippen molar-refractivity contribution in [1.82, 2.24) is 20.3 Å². The summed E-state index contributed by atoms with van der Waals surface area (Å²) in [6.45, 7) is 10.3. The molecule has 0 unspecified atom stereocenters. The second-order valence-corrected chi connectivity index (χ2v) is 20.7. The molecule has 252 valence electrons. The number of carbonyl (C=O) groups is 4. The van der Waals surface area contributed by atoms with Gasteiger partial charge in [-0.15, -0.1) is 0 Å². The van der Waals surface area contributed by atoms with Crippen molar-refractivity contribution in [3.05, 3.63) is 48.0 Å². The number of nitrogens with one attached hydrogen (secondary N) is 3. The van der Waals surface area contributed by atoms with Crippen molar-refractivity contribution in [2.24, 2.45) is 0 Å². The van der Waals surface area contributed by atoms with E-state index in [0.717, 1.165) is 36.3 Å². The number of sulfonamides is 1. The summed E-state index contributed by atoms with van der Waals surface area (Å²) in [6, 6.07) is 10.6. The lowest BCUT2D eigenvalue weighted by Gasteiger charge is -2.38. The maximum atomic E-state index is 14.0. The summed E-state index contributed by atoms with van der Waals surface area (Å²) in [5, 5.41) is 7.66. The third-order valence-electron chi connectivity index (χ3n) is 9.48. The topological polar surface area (TPSA) is 151 Å². The van der Waals surface area contributed by atoms with E-state index in [9.17, 15) is 27.6 Å². The molecule has 0 bridgehead atoms. The highest BCUT2D eigenvalue weighted by atomic mass is 32.2. The molecule has 2 aromatic rings. The molecule has 2 heterocycles. The molecule has 0 radical (unpaired) electrons. The first-order chi connectivity index (χ1) is 21.4. The number of hydrogen-bond acceptors (Lipinski definition) is 7. The van der Waals surface area contributed by atoms with Gasteiger partial charge in [0.05, 0.1) is 25.3 Å². The van der Waals surface area contributed by atoms with Crippen LogP contribution in [0.4, 0.5) is 0 Å². The number of benzene rings is 2. The molecular weight excluding hydrogens is 625 g/mol. The molecule has 0 aromatic heterocycles. The summed E-state index contributed by atoms with van der Waals surface area (Å²) in [6.07, 6.45) is 4.54. The molecule has 11 nitrogen and oxygen atoms in total. The number of amides is 4. The highest BCUT2D eigenvalue weighted by Gasteiger charge is 2.45. The summed E-state index contributed by atoms with van der Waals surface area (Å²) in [4.78, 5) is 55.4. The van der Waals surface area contributed by atoms with Crippen LogP contribution in [0.5, 0.6) is 0 Å². The zero-order valence-corrected chi connectivity index (χ0v) is 29.5. The van der Waals surface area contributed by atoms with Gasteiger partial charge in [0.1, 0.15) is 12.1 Å². The highest BCUT2D eigenvalue weighted by Crippen LogP contribution is 2.37. The Morgan fingerprint density at radius 2 is 1.67 bits per heavy atom. The Bertz CT molecular complexity index is 1570. The van der Waals surface area contributed by atoms with E-state index in [-0.39, 0.29) is 35.9 Å². The monoisotopic (exact) mass is 672 g/mol. The fourth-order valence-electron chi connectivity index (χ4n) is 5.94. The van der Waals surface area contributed by atoms with Crippen molar-refractivity contribution in [3.8, 4) is 0 Å². The van der Waals surface area contributed by atoms with E-state index in [1.54, 1.807) is 17.0 Å². The van der Waals surface area contributed by atoms with Crippen molar-refractivity contribution in [3.63, 3.8) is 0 Å². The minimum absolute atomic E-state index is 0.0218. The molecule has 0 spiro atoms. The van der Waals surface area contributed by atoms with Gasteiger partial charge in [0.2, 0.25) is 27.7 Å². The van der Waals surface area contributed by atoms with Gasteiger partial charge in [-0.05, 0) is 66.7 Å². The lowest BCUT2D eigenvalue weighted by molar-refractivity contribution is -0.143. The smallest absolute Gasteiger partial charge is 0.251 e. The Balaban J connectivity index is 1.50. The van der Waals surface area contributed by atoms with Crippen LogP contribution in [0.2, 0.25) is 18.1 Å². The summed E-state index contributed by atoms with van der Waals surface area (Å²) in [5.41, 5.74) is 0.456. The van der Waals surface area contributed by atoms with E-state index in [2.05, 4.69) is 44.5 Å². The van der Waals surface area contributed by atoms with Gasteiger partial charge in [0.25, 0.3) is 5.91 Å². The molecule has 3 N–H and O–H groups in total. The lowest BCUT2D eigenvalue weighted by Crippen LogP contribution is -2.58. The maximum absolute atomic E-state index is 14.0. The second-order valence-electron chi connectivity index (χ2n) is 14.1. The summed E-state index contributed by atoms with van der Waals surface area (Å²) in [5.74, 6) is -1.82. The number of rotatable bonds is 10. The summed E-state index contributed by atoms with van der Waals surface area (Å²) >= 11 is 0. The van der Waals surface area contributed by atoms with Crippen LogP contribution >= 0.6 is 0 Å². The van der Waals surface area contributed by atoms with Crippen molar-refractivity contribution in [2.45, 2.75) is 108 Å². The average molecular weight is 673 g/mol. The molecule has 0 saturated carbocycles. The first-order valence-corrected chi connectivity index (χ1v) is 20.8. The predicted molar refractivity (Wildman–Crippen MR) is 180 cm³/mol. The first-order valence-electron chi connectivity index (χ1n) is 16.0. The normalized spacial score (nSPS) is 21.6. The van der Waals surface area contributed by atoms with Gasteiger partial charge in [-0.25, -0.2) is 8.42 Å². The molecule has 2 fully saturated rings. The van der Waals surface area contributed by atoms with Gasteiger partial charge in [0.15, 0.2) is 8.32 Å². The molecule has 4 atom stereocenters. The van der Waals surface area contributed by atoms with Crippen LogP contribution in [0.3, 0.4) is 0 Å². The fraction of sp³-hybridized carbons (Fsp3) is 0.576. The number of hydrogen-bond donors (Lipinski definition) is 3. The Morgan fingerprint density at radius 3 is 2.35 bits per heavy atom. The number of fused-ring (bicyclic) bond motifs is 2. The van der Waals surface area contributed by atoms with E-state index >= 15 is 0 Å². The molecule has 2 aliphatic rings. The average Bonchev–Trinajstić information content (AvgIpc) is 3.38. The van der Waals surface area contributed by atoms with Crippen molar-refractivity contribution in [2.75, 3.05) is 12.9 Å². The SMILES string of the molecule is CC(C)(C)[Si](C)(C)OC[C@H](CC(=O)NS(C)(=O)=O)NC(=O)[C@@H]1CC[C@@H]2CCCC[C@H](NC(=O)c3ccc4ccccc4c3)C(=O)N21. The molecule has 4 amide bonds. The summed E-state index contributed by atoms with van der Waals surface area (Å²) < 4.78 is 31.7. The highest BCUT2D eigenvalue weighted by molar-refractivity contribution is 7.89. The van der Waals surface area contributed by atoms with E-state index in [1.165, 1.54) is 0 Å². The van der Waals surface area contributed by atoms with Crippen LogP contribution in [-0.2, 0) is 28.8 Å². The molecule has 2 aliphatic heterocycles. The minimum Gasteiger partial charge on any atom is -0.415 e. The lowest BCUT2D eigenvalue weighted by atomic mass is 9.98. The van der Waals surface area contributed by atoms with Gasteiger partial charge < -0.3 is 20.0 Å². The quantitative estimate of drug-likeness (QED) is 0.325. The van der Waals surface area contributed by atoms with Gasteiger partial charge in [-0.2, -0.15) is 0 Å². The van der Waals surface area contributed by atoms with E-state index in [1.807, 2.05) is 35.1 Å². The van der Waals surface area contributed by atoms with Crippen LogP contribution in [0.15, 0.2) is 42.5 Å². The third kappa shape index (κ3) is 8.94. The Kier molecular flexibility index (Phi) is 11.0. The van der Waals surface area contributed by atoms with E-state index in [4.69, 9.17) is 4.43 Å². The standard InChI is InChI=1S/C33H48N4O7SSi/c1-33(2,3)46(5,6)44-21-25(20-29(38)36-45(4,42)43)34-31(40)28-18-17-26-13-9-10-14-27(32(41)37(26)28)35-30(39)24-16-15-22-11-7-8-12-23(22)19-24/h7-8,11-12,15-16,19,25-28H,9-10,13-14,17-18,20-21H2,1-6H3,(H,34,40)(H,35,39)(H,36,38)/t25-,26-,27-,28-/m0/s1. The number of carbonyl (C=O) groups excluding carboxylic acids is 4. The summed E-state index contributed by atoms with van der Waals surface area (Å²) in [7, 11) is -6.06. The van der Waals surface area contributed by atoms with Crippen molar-refractivity contribution < 1.29 is 32.0 Å². The molecule has 46 heavy (non-hydrogen) atoms. The Labute approximate surface area is 273 Å². The molecule has 4 rings (SSSR count). The number of nitrogens with zero attached hydrogens (tertiary/aromatic N) is 1. The van der Waals surface area contributed by atoms with Gasteiger partial charge >= 0.3 is 0 Å². The Morgan fingerprint density at radius 1 is 1.00 bits per heavy atom. The Hall–Kier alpha value is -3.29.